The van der Waals surface area contributed by atoms with Crippen LogP contribution in [0.15, 0.2) is 35.6 Å². The number of rotatable bonds is 7. The average molecular weight is 386 g/mol. The number of hydrogen-bond donors (Lipinski definition) is 1. The minimum absolute atomic E-state index is 0.202. The molecular weight excluding hydrogens is 356 g/mol. The maximum absolute atomic E-state index is 12.7. The normalized spacial score (nSPS) is 21.1. The molecule has 2 aliphatic heterocycles. The number of ketones is 1. The fourth-order valence-corrected chi connectivity index (χ4v) is 3.94. The van der Waals surface area contributed by atoms with Gasteiger partial charge < -0.3 is 14.7 Å². The van der Waals surface area contributed by atoms with Gasteiger partial charge >= 0.3 is 0 Å². The quantitative estimate of drug-likeness (QED) is 0.780. The highest BCUT2D eigenvalue weighted by Crippen LogP contribution is 2.38. The van der Waals surface area contributed by atoms with E-state index in [0.717, 1.165) is 44.8 Å². The van der Waals surface area contributed by atoms with Crippen LogP contribution in [0.1, 0.15) is 50.3 Å². The Bertz CT molecular complexity index is 748. The number of Topliss-reactive ketones (excluding diaryl/α,β-unsaturated/α-hetero) is 1. The number of carbonyl (C=O) groups is 2. The molecule has 2 heterocycles. The molecule has 1 saturated heterocycles. The highest BCUT2D eigenvalue weighted by atomic mass is 16.5. The van der Waals surface area contributed by atoms with E-state index in [1.807, 2.05) is 24.3 Å². The standard InChI is InChI=1S/C22H30N2O4/c1-15(2)17-5-7-18(8-6-17)20-19(16(3)25)21(26)22(27)24(20)10-4-9-23-11-13-28-14-12-23/h5-8,15,20,26H,4,9-14H2,1-3H3/t20-/m1/s1. The molecule has 0 bridgehead atoms. The molecule has 1 N–H and O–H groups in total. The molecule has 1 fully saturated rings. The lowest BCUT2D eigenvalue weighted by Gasteiger charge is -2.30. The van der Waals surface area contributed by atoms with Crippen LogP contribution in [0.2, 0.25) is 0 Å². The zero-order valence-corrected chi connectivity index (χ0v) is 17.0. The van der Waals surface area contributed by atoms with Crippen molar-refractivity contribution in [2.45, 2.75) is 39.2 Å². The third-order valence-corrected chi connectivity index (χ3v) is 5.58. The molecule has 6 nitrogen and oxygen atoms in total. The van der Waals surface area contributed by atoms with E-state index in [-0.39, 0.29) is 11.4 Å². The van der Waals surface area contributed by atoms with E-state index < -0.39 is 17.7 Å². The molecule has 0 spiro atoms. The molecule has 0 unspecified atom stereocenters. The van der Waals surface area contributed by atoms with Crippen molar-refractivity contribution in [2.24, 2.45) is 0 Å². The number of nitrogens with zero attached hydrogens (tertiary/aromatic N) is 2. The highest BCUT2D eigenvalue weighted by Gasteiger charge is 2.42. The summed E-state index contributed by atoms with van der Waals surface area (Å²) in [4.78, 5) is 28.9. The Labute approximate surface area is 166 Å². The summed E-state index contributed by atoms with van der Waals surface area (Å²) in [5.41, 5.74) is 2.26. The molecule has 0 aliphatic carbocycles. The van der Waals surface area contributed by atoms with E-state index in [2.05, 4.69) is 18.7 Å². The maximum atomic E-state index is 12.7. The van der Waals surface area contributed by atoms with Crippen molar-refractivity contribution in [1.29, 1.82) is 0 Å². The summed E-state index contributed by atoms with van der Waals surface area (Å²) in [6.07, 6.45) is 0.783. The zero-order chi connectivity index (χ0) is 20.3. The zero-order valence-electron chi connectivity index (χ0n) is 17.0. The van der Waals surface area contributed by atoms with E-state index in [0.29, 0.717) is 12.5 Å². The molecule has 0 saturated carbocycles. The van der Waals surface area contributed by atoms with Gasteiger partial charge in [0.15, 0.2) is 11.5 Å². The summed E-state index contributed by atoms with van der Waals surface area (Å²) < 4.78 is 5.37. The molecule has 3 rings (SSSR count). The lowest BCUT2D eigenvalue weighted by atomic mass is 9.94. The minimum atomic E-state index is -0.518. The molecular formula is C22H30N2O4. The van der Waals surface area contributed by atoms with Crippen LogP contribution in [-0.2, 0) is 14.3 Å². The van der Waals surface area contributed by atoms with Crippen molar-refractivity contribution in [3.05, 3.63) is 46.7 Å². The molecule has 28 heavy (non-hydrogen) atoms. The van der Waals surface area contributed by atoms with E-state index in [1.165, 1.54) is 12.5 Å². The van der Waals surface area contributed by atoms with Crippen LogP contribution in [0.4, 0.5) is 0 Å². The van der Waals surface area contributed by atoms with E-state index in [1.54, 1.807) is 4.90 Å². The Morgan fingerprint density at radius 1 is 1.18 bits per heavy atom. The number of benzene rings is 1. The van der Waals surface area contributed by atoms with Gasteiger partial charge in [-0.1, -0.05) is 38.1 Å². The molecule has 152 valence electrons. The molecule has 0 radical (unpaired) electrons. The van der Waals surface area contributed by atoms with Gasteiger partial charge in [0.25, 0.3) is 5.91 Å². The van der Waals surface area contributed by atoms with Gasteiger partial charge in [-0.2, -0.15) is 0 Å². The topological polar surface area (TPSA) is 70.1 Å². The second-order valence-corrected chi connectivity index (χ2v) is 7.85. The summed E-state index contributed by atoms with van der Waals surface area (Å²) in [5, 5.41) is 10.4. The minimum Gasteiger partial charge on any atom is -0.503 e. The number of ether oxygens (including phenoxy) is 1. The van der Waals surface area contributed by atoms with E-state index in [4.69, 9.17) is 4.74 Å². The molecule has 2 aliphatic rings. The fraction of sp³-hybridized carbons (Fsp3) is 0.545. The van der Waals surface area contributed by atoms with Gasteiger partial charge in [0, 0.05) is 26.2 Å². The predicted molar refractivity (Wildman–Crippen MR) is 107 cm³/mol. The number of aliphatic hydroxyl groups is 1. The first-order chi connectivity index (χ1) is 13.4. The van der Waals surface area contributed by atoms with Gasteiger partial charge in [0.1, 0.15) is 0 Å². The Morgan fingerprint density at radius 2 is 1.82 bits per heavy atom. The SMILES string of the molecule is CC(=O)C1=C(O)C(=O)N(CCCN2CCOCC2)[C@@H]1c1ccc(C(C)C)cc1. The number of carbonyl (C=O) groups excluding carboxylic acids is 2. The lowest BCUT2D eigenvalue weighted by Crippen LogP contribution is -2.39. The van der Waals surface area contributed by atoms with Crippen molar-refractivity contribution in [3.63, 3.8) is 0 Å². The molecule has 1 aromatic carbocycles. The van der Waals surface area contributed by atoms with Crippen LogP contribution in [-0.4, -0.2) is 66.0 Å². The van der Waals surface area contributed by atoms with E-state index >= 15 is 0 Å². The largest absolute Gasteiger partial charge is 0.503 e. The second-order valence-electron chi connectivity index (χ2n) is 7.85. The van der Waals surface area contributed by atoms with Crippen LogP contribution in [0.25, 0.3) is 0 Å². The van der Waals surface area contributed by atoms with Gasteiger partial charge in [0.2, 0.25) is 0 Å². The van der Waals surface area contributed by atoms with Crippen molar-refractivity contribution in [2.75, 3.05) is 39.4 Å². The van der Waals surface area contributed by atoms with Crippen LogP contribution in [0.5, 0.6) is 0 Å². The Balaban J connectivity index is 1.78. The Kier molecular flexibility index (Phi) is 6.52. The van der Waals surface area contributed by atoms with E-state index in [9.17, 15) is 14.7 Å². The van der Waals surface area contributed by atoms with Gasteiger partial charge in [-0.25, -0.2) is 0 Å². The first-order valence-corrected chi connectivity index (χ1v) is 10.0. The molecule has 1 aromatic rings. The van der Waals surface area contributed by atoms with Gasteiger partial charge in [-0.05, 0) is 30.4 Å². The van der Waals surface area contributed by atoms with Crippen molar-refractivity contribution < 1.29 is 19.4 Å². The van der Waals surface area contributed by atoms with Crippen molar-refractivity contribution in [1.82, 2.24) is 9.80 Å². The van der Waals surface area contributed by atoms with Gasteiger partial charge in [-0.15, -0.1) is 0 Å². The van der Waals surface area contributed by atoms with Crippen molar-refractivity contribution in [3.8, 4) is 0 Å². The van der Waals surface area contributed by atoms with Gasteiger partial charge in [-0.3, -0.25) is 14.5 Å². The van der Waals surface area contributed by atoms with Crippen LogP contribution >= 0.6 is 0 Å². The summed E-state index contributed by atoms with van der Waals surface area (Å²) in [6, 6.07) is 7.47. The Hall–Kier alpha value is -2.18. The number of morpholine rings is 1. The van der Waals surface area contributed by atoms with Crippen LogP contribution in [0, 0.1) is 0 Å². The third-order valence-electron chi connectivity index (χ3n) is 5.58. The maximum Gasteiger partial charge on any atom is 0.290 e. The van der Waals surface area contributed by atoms with Gasteiger partial charge in [0.05, 0.1) is 24.8 Å². The summed E-state index contributed by atoms with van der Waals surface area (Å²) >= 11 is 0. The average Bonchev–Trinajstić information content (AvgIpc) is 2.94. The lowest BCUT2D eigenvalue weighted by molar-refractivity contribution is -0.129. The number of amides is 1. The molecule has 6 heteroatoms. The van der Waals surface area contributed by atoms with Crippen LogP contribution < -0.4 is 0 Å². The first kappa shape index (κ1) is 20.6. The Morgan fingerprint density at radius 3 is 2.39 bits per heavy atom. The number of hydrogen-bond acceptors (Lipinski definition) is 5. The van der Waals surface area contributed by atoms with Crippen LogP contribution in [0.3, 0.4) is 0 Å². The molecule has 1 amide bonds. The smallest absolute Gasteiger partial charge is 0.290 e. The molecule has 0 aromatic heterocycles. The molecule has 1 atom stereocenters. The monoisotopic (exact) mass is 386 g/mol. The second kappa shape index (κ2) is 8.88. The first-order valence-electron chi connectivity index (χ1n) is 10.0. The van der Waals surface area contributed by atoms with Crippen molar-refractivity contribution >= 4 is 11.7 Å². The highest BCUT2D eigenvalue weighted by molar-refractivity contribution is 6.08. The summed E-state index contributed by atoms with van der Waals surface area (Å²) in [6.45, 7) is 10.3. The summed E-state index contributed by atoms with van der Waals surface area (Å²) in [5.74, 6) is -0.721. The summed E-state index contributed by atoms with van der Waals surface area (Å²) in [7, 11) is 0. The third kappa shape index (κ3) is 4.28. The number of aliphatic hydroxyl groups excluding tert-OH is 1. The fourth-order valence-electron chi connectivity index (χ4n) is 3.94. The predicted octanol–water partition coefficient (Wildman–Crippen LogP) is 2.82.